The van der Waals surface area contributed by atoms with Crippen LogP contribution < -0.4 is 16.6 Å². The Morgan fingerprint density at radius 2 is 2.11 bits per heavy atom. The maximum Gasteiger partial charge on any atom is 0.263 e. The summed E-state index contributed by atoms with van der Waals surface area (Å²) in [6.45, 7) is 2.04. The maximum absolute atomic E-state index is 11.9. The van der Waals surface area contributed by atoms with Gasteiger partial charge < -0.3 is 15.6 Å². The van der Waals surface area contributed by atoms with Crippen molar-refractivity contribution >= 4 is 11.8 Å². The standard InChI is InChI=1S/C12H15N3O3/c1-6-3-9(6)14-11(17)7-4-8(10(13)16)12(18)15(2)5-7/h4-6,9H,3H2,1-2H3,(H2,13,16)(H,14,17)/t6-,9-/m0/s1. The van der Waals surface area contributed by atoms with E-state index in [1.54, 1.807) is 0 Å². The largest absolute Gasteiger partial charge is 0.365 e. The van der Waals surface area contributed by atoms with E-state index >= 15 is 0 Å². The minimum Gasteiger partial charge on any atom is -0.365 e. The van der Waals surface area contributed by atoms with Crippen LogP contribution in [0.25, 0.3) is 0 Å². The Hall–Kier alpha value is -2.11. The molecule has 0 aromatic carbocycles. The molecule has 0 aliphatic heterocycles. The Kier molecular flexibility index (Phi) is 2.94. The first-order valence-corrected chi connectivity index (χ1v) is 5.71. The lowest BCUT2D eigenvalue weighted by Gasteiger charge is -2.07. The molecule has 0 radical (unpaired) electrons. The molecule has 3 N–H and O–H groups in total. The van der Waals surface area contributed by atoms with Crippen molar-refractivity contribution in [3.05, 3.63) is 33.7 Å². The molecule has 1 aliphatic carbocycles. The summed E-state index contributed by atoms with van der Waals surface area (Å²) in [5.41, 5.74) is 4.70. The van der Waals surface area contributed by atoms with Crippen molar-refractivity contribution in [3.8, 4) is 0 Å². The zero-order chi connectivity index (χ0) is 13.4. The van der Waals surface area contributed by atoms with Crippen molar-refractivity contribution in [1.29, 1.82) is 0 Å². The number of pyridine rings is 1. The Balaban J connectivity index is 2.30. The lowest BCUT2D eigenvalue weighted by molar-refractivity contribution is 0.0948. The van der Waals surface area contributed by atoms with Gasteiger partial charge in [-0.2, -0.15) is 0 Å². The summed E-state index contributed by atoms with van der Waals surface area (Å²) in [5.74, 6) is -0.635. The fourth-order valence-electron chi connectivity index (χ4n) is 1.79. The summed E-state index contributed by atoms with van der Waals surface area (Å²) in [5, 5.41) is 2.83. The number of primary amides is 1. The fraction of sp³-hybridized carbons (Fsp3) is 0.417. The number of nitrogens with zero attached hydrogens (tertiary/aromatic N) is 1. The van der Waals surface area contributed by atoms with Gasteiger partial charge in [0.2, 0.25) is 0 Å². The highest BCUT2D eigenvalue weighted by molar-refractivity contribution is 5.98. The van der Waals surface area contributed by atoms with Crippen LogP contribution in [0.5, 0.6) is 0 Å². The molecule has 2 rings (SSSR count). The molecular weight excluding hydrogens is 234 g/mol. The number of amides is 2. The first kappa shape index (κ1) is 12.3. The predicted molar refractivity (Wildman–Crippen MR) is 65.2 cm³/mol. The number of aryl methyl sites for hydroxylation is 1. The normalized spacial score (nSPS) is 21.4. The molecule has 2 amide bonds. The van der Waals surface area contributed by atoms with Gasteiger partial charge in [0.25, 0.3) is 17.4 Å². The highest BCUT2D eigenvalue weighted by atomic mass is 16.2. The zero-order valence-corrected chi connectivity index (χ0v) is 10.3. The fourth-order valence-corrected chi connectivity index (χ4v) is 1.79. The van der Waals surface area contributed by atoms with E-state index < -0.39 is 11.5 Å². The average molecular weight is 249 g/mol. The first-order valence-electron chi connectivity index (χ1n) is 5.71. The van der Waals surface area contributed by atoms with Gasteiger partial charge in [-0.15, -0.1) is 0 Å². The van der Waals surface area contributed by atoms with Gasteiger partial charge in [0.1, 0.15) is 5.56 Å². The number of rotatable bonds is 3. The van der Waals surface area contributed by atoms with Gasteiger partial charge in [-0.05, 0) is 18.4 Å². The summed E-state index contributed by atoms with van der Waals surface area (Å²) in [7, 11) is 1.48. The number of carbonyl (C=O) groups excluding carboxylic acids is 2. The first-order chi connectivity index (χ1) is 8.40. The van der Waals surface area contributed by atoms with Crippen LogP contribution in [-0.4, -0.2) is 22.4 Å². The summed E-state index contributed by atoms with van der Waals surface area (Å²) >= 11 is 0. The van der Waals surface area contributed by atoms with Crippen molar-refractivity contribution in [2.75, 3.05) is 0 Å². The van der Waals surface area contributed by atoms with E-state index in [1.807, 2.05) is 6.92 Å². The van der Waals surface area contributed by atoms with Crippen molar-refractivity contribution in [2.24, 2.45) is 18.7 Å². The summed E-state index contributed by atoms with van der Waals surface area (Å²) < 4.78 is 1.19. The molecule has 6 nitrogen and oxygen atoms in total. The highest BCUT2D eigenvalue weighted by Crippen LogP contribution is 2.29. The van der Waals surface area contributed by atoms with E-state index in [0.717, 1.165) is 6.42 Å². The van der Waals surface area contributed by atoms with Crippen LogP contribution in [0.3, 0.4) is 0 Å². The van der Waals surface area contributed by atoms with Crippen LogP contribution in [0.2, 0.25) is 0 Å². The molecule has 1 aliphatic rings. The molecule has 96 valence electrons. The summed E-state index contributed by atoms with van der Waals surface area (Å²) in [6.07, 6.45) is 2.36. The lowest BCUT2D eigenvalue weighted by Crippen LogP contribution is -2.32. The zero-order valence-electron chi connectivity index (χ0n) is 10.3. The molecule has 2 atom stereocenters. The molecule has 6 heteroatoms. The van der Waals surface area contributed by atoms with Crippen molar-refractivity contribution in [2.45, 2.75) is 19.4 Å². The number of carbonyl (C=O) groups is 2. The lowest BCUT2D eigenvalue weighted by atomic mass is 10.1. The molecule has 1 aromatic heterocycles. The van der Waals surface area contributed by atoms with Crippen LogP contribution in [0.15, 0.2) is 17.1 Å². The third-order valence-electron chi connectivity index (χ3n) is 3.14. The second-order valence-corrected chi connectivity index (χ2v) is 4.72. The topological polar surface area (TPSA) is 94.2 Å². The monoisotopic (exact) mass is 249 g/mol. The molecule has 0 saturated heterocycles. The van der Waals surface area contributed by atoms with Crippen LogP contribution >= 0.6 is 0 Å². The Morgan fingerprint density at radius 1 is 1.50 bits per heavy atom. The second kappa shape index (κ2) is 4.29. The third kappa shape index (κ3) is 2.27. The predicted octanol–water partition coefficient (Wildman–Crippen LogP) is -0.378. The molecule has 1 aromatic rings. The van der Waals surface area contributed by atoms with E-state index in [2.05, 4.69) is 5.32 Å². The Bertz CT molecular complexity index is 576. The molecular formula is C12H15N3O3. The van der Waals surface area contributed by atoms with E-state index in [9.17, 15) is 14.4 Å². The quantitative estimate of drug-likeness (QED) is 0.764. The number of nitrogens with one attached hydrogen (secondary N) is 1. The molecule has 0 unspecified atom stereocenters. The van der Waals surface area contributed by atoms with Crippen LogP contribution in [0.4, 0.5) is 0 Å². The number of hydrogen-bond donors (Lipinski definition) is 2. The molecule has 18 heavy (non-hydrogen) atoms. The van der Waals surface area contributed by atoms with Crippen molar-refractivity contribution in [3.63, 3.8) is 0 Å². The van der Waals surface area contributed by atoms with E-state index in [0.29, 0.717) is 5.92 Å². The van der Waals surface area contributed by atoms with E-state index in [1.165, 1.54) is 23.9 Å². The smallest absolute Gasteiger partial charge is 0.263 e. The minimum atomic E-state index is -0.829. The van der Waals surface area contributed by atoms with Gasteiger partial charge in [0.15, 0.2) is 0 Å². The second-order valence-electron chi connectivity index (χ2n) is 4.72. The van der Waals surface area contributed by atoms with Crippen molar-refractivity contribution in [1.82, 2.24) is 9.88 Å². The molecule has 0 spiro atoms. The van der Waals surface area contributed by atoms with Crippen LogP contribution in [0.1, 0.15) is 34.1 Å². The van der Waals surface area contributed by atoms with Gasteiger partial charge in [0.05, 0.1) is 5.56 Å². The van der Waals surface area contributed by atoms with Crippen LogP contribution in [0, 0.1) is 5.92 Å². The molecule has 0 bridgehead atoms. The molecule has 1 heterocycles. The maximum atomic E-state index is 11.9. The molecule has 1 saturated carbocycles. The van der Waals surface area contributed by atoms with E-state index in [-0.39, 0.29) is 23.1 Å². The highest BCUT2D eigenvalue weighted by Gasteiger charge is 2.34. The number of aromatic nitrogens is 1. The minimum absolute atomic E-state index is 0.172. The number of nitrogens with two attached hydrogens (primary N) is 1. The summed E-state index contributed by atoms with van der Waals surface area (Å²) in [4.78, 5) is 34.6. The molecule has 1 fully saturated rings. The van der Waals surface area contributed by atoms with E-state index in [4.69, 9.17) is 5.73 Å². The average Bonchev–Trinajstić information content (AvgIpc) is 2.97. The van der Waals surface area contributed by atoms with Gasteiger partial charge in [-0.1, -0.05) is 6.92 Å². The third-order valence-corrected chi connectivity index (χ3v) is 3.14. The SMILES string of the molecule is C[C@H]1C[C@@H]1NC(=O)c1cc(C(N)=O)c(=O)n(C)c1. The van der Waals surface area contributed by atoms with Gasteiger partial charge in [-0.3, -0.25) is 14.4 Å². The Labute approximate surface area is 104 Å². The summed E-state index contributed by atoms with van der Waals surface area (Å²) in [6, 6.07) is 1.43. The number of hydrogen-bond acceptors (Lipinski definition) is 3. The van der Waals surface area contributed by atoms with Crippen molar-refractivity contribution < 1.29 is 9.59 Å². The van der Waals surface area contributed by atoms with Gasteiger partial charge in [-0.25, -0.2) is 0 Å². The van der Waals surface area contributed by atoms with Gasteiger partial charge in [0, 0.05) is 19.3 Å². The Morgan fingerprint density at radius 3 is 2.61 bits per heavy atom. The van der Waals surface area contributed by atoms with Crippen LogP contribution in [-0.2, 0) is 7.05 Å². The van der Waals surface area contributed by atoms with Gasteiger partial charge >= 0.3 is 0 Å².